The predicted octanol–water partition coefficient (Wildman–Crippen LogP) is 2.86. The van der Waals surface area contributed by atoms with Gasteiger partial charge in [0.05, 0.1) is 5.92 Å². The number of carbonyl (C=O) groups is 2. The van der Waals surface area contributed by atoms with Crippen LogP contribution in [0.1, 0.15) is 71.1 Å². The average Bonchev–Trinajstić information content (AvgIpc) is 2.99. The minimum Gasteiger partial charge on any atom is -0.353 e. The molecule has 0 unspecified atom stereocenters. The summed E-state index contributed by atoms with van der Waals surface area (Å²) < 4.78 is 0. The SMILES string of the molecule is CC(=O)N1CCC[C@@H](C(=O)N[C@H]2CCCCC23CCCC3)C1. The molecule has 1 aliphatic heterocycles. The number of nitrogens with zero attached hydrogens (tertiary/aromatic N) is 1. The van der Waals surface area contributed by atoms with Crippen molar-refractivity contribution in [1.29, 1.82) is 0 Å². The van der Waals surface area contributed by atoms with Gasteiger partial charge in [0.15, 0.2) is 0 Å². The lowest BCUT2D eigenvalue weighted by molar-refractivity contribution is -0.134. The summed E-state index contributed by atoms with van der Waals surface area (Å²) in [7, 11) is 0. The highest BCUT2D eigenvalue weighted by Gasteiger charge is 2.43. The van der Waals surface area contributed by atoms with Crippen LogP contribution in [0.4, 0.5) is 0 Å². The Kier molecular flexibility index (Phi) is 4.74. The highest BCUT2D eigenvalue weighted by atomic mass is 16.2. The zero-order chi connectivity index (χ0) is 15.6. The minimum absolute atomic E-state index is 0.00182. The van der Waals surface area contributed by atoms with Crippen molar-refractivity contribution >= 4 is 11.8 Å². The largest absolute Gasteiger partial charge is 0.353 e. The molecule has 1 N–H and O–H groups in total. The summed E-state index contributed by atoms with van der Waals surface area (Å²) in [4.78, 5) is 26.1. The number of rotatable bonds is 2. The van der Waals surface area contributed by atoms with Crippen molar-refractivity contribution in [1.82, 2.24) is 10.2 Å². The maximum absolute atomic E-state index is 12.7. The first-order chi connectivity index (χ1) is 10.6. The Morgan fingerprint density at radius 1 is 1.00 bits per heavy atom. The molecule has 2 aliphatic carbocycles. The molecule has 0 radical (unpaired) electrons. The molecule has 3 rings (SSSR count). The zero-order valence-corrected chi connectivity index (χ0v) is 13.9. The molecule has 2 amide bonds. The van der Waals surface area contributed by atoms with Gasteiger partial charge in [-0.15, -0.1) is 0 Å². The highest BCUT2D eigenvalue weighted by molar-refractivity contribution is 5.81. The van der Waals surface area contributed by atoms with Gasteiger partial charge < -0.3 is 10.2 Å². The first kappa shape index (κ1) is 15.8. The molecule has 2 saturated carbocycles. The normalized spacial score (nSPS) is 31.2. The van der Waals surface area contributed by atoms with E-state index < -0.39 is 0 Å². The highest BCUT2D eigenvalue weighted by Crippen LogP contribution is 2.49. The Balaban J connectivity index is 1.61. The molecule has 1 heterocycles. The Morgan fingerprint density at radius 2 is 1.68 bits per heavy atom. The van der Waals surface area contributed by atoms with Gasteiger partial charge in [0.25, 0.3) is 0 Å². The van der Waals surface area contributed by atoms with Gasteiger partial charge in [0.2, 0.25) is 11.8 Å². The van der Waals surface area contributed by atoms with Crippen LogP contribution < -0.4 is 5.32 Å². The number of likely N-dealkylation sites (tertiary alicyclic amines) is 1. The topological polar surface area (TPSA) is 49.4 Å². The van der Waals surface area contributed by atoms with Crippen molar-refractivity contribution in [3.63, 3.8) is 0 Å². The van der Waals surface area contributed by atoms with Gasteiger partial charge in [-0.05, 0) is 43.9 Å². The van der Waals surface area contributed by atoms with Crippen molar-refractivity contribution in [2.45, 2.75) is 77.2 Å². The molecule has 22 heavy (non-hydrogen) atoms. The second-order valence-corrected chi connectivity index (χ2v) is 7.68. The molecule has 0 bridgehead atoms. The van der Waals surface area contributed by atoms with Crippen LogP contribution in [0.5, 0.6) is 0 Å². The smallest absolute Gasteiger partial charge is 0.225 e. The van der Waals surface area contributed by atoms with E-state index in [0.717, 1.165) is 25.8 Å². The van der Waals surface area contributed by atoms with E-state index in [2.05, 4.69) is 5.32 Å². The molecule has 0 aromatic rings. The Labute approximate surface area is 134 Å². The lowest BCUT2D eigenvalue weighted by Crippen LogP contribution is -2.52. The molecule has 0 aromatic carbocycles. The summed E-state index contributed by atoms with van der Waals surface area (Å²) in [6, 6.07) is 0.379. The van der Waals surface area contributed by atoms with Gasteiger partial charge in [-0.25, -0.2) is 0 Å². The lowest BCUT2D eigenvalue weighted by Gasteiger charge is -2.43. The van der Waals surface area contributed by atoms with E-state index in [0.29, 0.717) is 18.0 Å². The first-order valence-electron chi connectivity index (χ1n) is 9.17. The summed E-state index contributed by atoms with van der Waals surface area (Å²) in [5, 5.41) is 3.40. The summed E-state index contributed by atoms with van der Waals surface area (Å²) in [6.07, 6.45) is 12.1. The van der Waals surface area contributed by atoms with Crippen LogP contribution in [0.2, 0.25) is 0 Å². The summed E-state index contributed by atoms with van der Waals surface area (Å²) in [5.41, 5.74) is 0.392. The van der Waals surface area contributed by atoms with Crippen LogP contribution in [-0.2, 0) is 9.59 Å². The van der Waals surface area contributed by atoms with Gasteiger partial charge in [0, 0.05) is 26.1 Å². The van der Waals surface area contributed by atoms with Crippen molar-refractivity contribution in [3.8, 4) is 0 Å². The molecule has 4 nitrogen and oxygen atoms in total. The minimum atomic E-state index is -0.00182. The van der Waals surface area contributed by atoms with Crippen molar-refractivity contribution in [2.75, 3.05) is 13.1 Å². The van der Waals surface area contributed by atoms with Crippen molar-refractivity contribution < 1.29 is 9.59 Å². The lowest BCUT2D eigenvalue weighted by atomic mass is 9.69. The molecule has 3 aliphatic rings. The molecule has 4 heteroatoms. The maximum atomic E-state index is 12.7. The molecule has 1 saturated heterocycles. The number of hydrogen-bond acceptors (Lipinski definition) is 2. The molecule has 0 aromatic heterocycles. The summed E-state index contributed by atoms with van der Waals surface area (Å²) in [5.74, 6) is 0.296. The number of nitrogens with one attached hydrogen (secondary N) is 1. The van der Waals surface area contributed by atoms with E-state index in [1.165, 1.54) is 44.9 Å². The van der Waals surface area contributed by atoms with E-state index in [1.807, 2.05) is 4.90 Å². The van der Waals surface area contributed by atoms with Crippen LogP contribution in [0, 0.1) is 11.3 Å². The second-order valence-electron chi connectivity index (χ2n) is 7.68. The molecule has 2 atom stereocenters. The predicted molar refractivity (Wildman–Crippen MR) is 86.3 cm³/mol. The van der Waals surface area contributed by atoms with Crippen LogP contribution in [-0.4, -0.2) is 35.8 Å². The first-order valence-corrected chi connectivity index (χ1v) is 9.17. The third-order valence-electron chi connectivity index (χ3n) is 6.31. The van der Waals surface area contributed by atoms with Gasteiger partial charge >= 0.3 is 0 Å². The standard InChI is InChI=1S/C18H30N2O2/c1-14(21)20-12-6-7-15(13-20)17(22)19-16-8-2-3-9-18(16)10-4-5-11-18/h15-16H,2-13H2,1H3,(H,19,22)/t15-,16+/m1/s1. The maximum Gasteiger partial charge on any atom is 0.225 e. The van der Waals surface area contributed by atoms with Gasteiger partial charge in [0.1, 0.15) is 0 Å². The molecular weight excluding hydrogens is 276 g/mol. The number of piperidine rings is 1. The van der Waals surface area contributed by atoms with Crippen molar-refractivity contribution in [3.05, 3.63) is 0 Å². The average molecular weight is 306 g/mol. The monoisotopic (exact) mass is 306 g/mol. The molecular formula is C18H30N2O2. The summed E-state index contributed by atoms with van der Waals surface area (Å²) in [6.45, 7) is 3.03. The fourth-order valence-corrected chi connectivity index (χ4v) is 4.98. The Hall–Kier alpha value is -1.06. The summed E-state index contributed by atoms with van der Waals surface area (Å²) >= 11 is 0. The molecule has 1 spiro atoms. The third kappa shape index (κ3) is 3.16. The zero-order valence-electron chi connectivity index (χ0n) is 13.9. The van der Waals surface area contributed by atoms with Crippen molar-refractivity contribution in [2.24, 2.45) is 11.3 Å². The van der Waals surface area contributed by atoms with E-state index in [4.69, 9.17) is 0 Å². The van der Waals surface area contributed by atoms with E-state index >= 15 is 0 Å². The van der Waals surface area contributed by atoms with Gasteiger partial charge in [-0.2, -0.15) is 0 Å². The van der Waals surface area contributed by atoms with Gasteiger partial charge in [-0.3, -0.25) is 9.59 Å². The van der Waals surface area contributed by atoms with E-state index in [9.17, 15) is 9.59 Å². The van der Waals surface area contributed by atoms with Crippen LogP contribution >= 0.6 is 0 Å². The molecule has 124 valence electrons. The number of carbonyl (C=O) groups excluding carboxylic acids is 2. The third-order valence-corrected chi connectivity index (χ3v) is 6.31. The van der Waals surface area contributed by atoms with Crippen LogP contribution in [0.25, 0.3) is 0 Å². The second kappa shape index (κ2) is 6.59. The number of amides is 2. The van der Waals surface area contributed by atoms with Gasteiger partial charge in [-0.1, -0.05) is 25.7 Å². The van der Waals surface area contributed by atoms with E-state index in [1.54, 1.807) is 6.92 Å². The number of hydrogen-bond donors (Lipinski definition) is 1. The quantitative estimate of drug-likeness (QED) is 0.853. The molecule has 3 fully saturated rings. The fraction of sp³-hybridized carbons (Fsp3) is 0.889. The Bertz CT molecular complexity index is 429. The van der Waals surface area contributed by atoms with Crippen LogP contribution in [0.3, 0.4) is 0 Å². The fourth-order valence-electron chi connectivity index (χ4n) is 4.98. The Morgan fingerprint density at radius 3 is 2.36 bits per heavy atom. The van der Waals surface area contributed by atoms with E-state index in [-0.39, 0.29) is 17.7 Å². The van der Waals surface area contributed by atoms with Crippen LogP contribution in [0.15, 0.2) is 0 Å².